The van der Waals surface area contributed by atoms with Crippen LogP contribution < -0.4 is 16.8 Å². The van der Waals surface area contributed by atoms with Gasteiger partial charge in [-0.05, 0) is 5.59 Å². The first-order chi connectivity index (χ1) is 4.61. The number of halogens is 1. The molecule has 1 aromatic heterocycles. The fourth-order valence-corrected chi connectivity index (χ4v) is 0.679. The largest absolute Gasteiger partial charge is 0.325 e. The van der Waals surface area contributed by atoms with E-state index in [1.165, 1.54) is 0 Å². The lowest BCUT2D eigenvalue weighted by Crippen LogP contribution is -2.32. The molecule has 0 amide bonds. The van der Waals surface area contributed by atoms with Gasteiger partial charge in [0.1, 0.15) is 5.02 Å². The fourth-order valence-electron chi connectivity index (χ4n) is 0.585. The molecular weight excluding hydrogens is 154 g/mol. The summed E-state index contributed by atoms with van der Waals surface area (Å²) in [6.07, 6.45) is 0. The van der Waals surface area contributed by atoms with E-state index in [2.05, 4.69) is 4.98 Å². The van der Waals surface area contributed by atoms with Crippen molar-refractivity contribution in [1.82, 2.24) is 9.97 Å². The highest BCUT2D eigenvalue weighted by molar-refractivity contribution is 6.43. The monoisotopic (exact) mass is 158 g/mol. The smallest absolute Gasteiger partial charge is 0.319 e. The number of H-pyrrole nitrogens is 2. The molecule has 0 radical (unpaired) electrons. The highest BCUT2D eigenvalue weighted by atomic mass is 35.5. The van der Waals surface area contributed by atoms with Crippen molar-refractivity contribution in [2.75, 3.05) is 0 Å². The average molecular weight is 158 g/mol. The van der Waals surface area contributed by atoms with Gasteiger partial charge in [-0.3, -0.25) is 9.78 Å². The highest BCUT2D eigenvalue weighted by Gasteiger charge is 1.99. The predicted molar refractivity (Wildman–Crippen MR) is 40.9 cm³/mol. The molecule has 0 atom stereocenters. The molecule has 0 saturated heterocycles. The summed E-state index contributed by atoms with van der Waals surface area (Å²) in [7, 11) is 1.55. The molecule has 6 heteroatoms. The molecule has 2 N–H and O–H groups in total. The molecule has 0 aromatic carbocycles. The van der Waals surface area contributed by atoms with E-state index < -0.39 is 11.2 Å². The maximum absolute atomic E-state index is 10.7. The van der Waals surface area contributed by atoms with Crippen molar-refractivity contribution in [3.8, 4) is 0 Å². The molecule has 0 fully saturated rings. The number of aromatic amines is 2. The lowest BCUT2D eigenvalue weighted by molar-refractivity contribution is 1.06. The second kappa shape index (κ2) is 2.34. The lowest BCUT2D eigenvalue weighted by atomic mass is 10.1. The molecule has 1 rings (SSSR count). The van der Waals surface area contributed by atoms with Gasteiger partial charge >= 0.3 is 5.69 Å². The fraction of sp³-hybridized carbons (Fsp3) is 0. The summed E-state index contributed by atoms with van der Waals surface area (Å²) < 4.78 is 0. The number of hydrogen-bond acceptors (Lipinski definition) is 2. The predicted octanol–water partition coefficient (Wildman–Crippen LogP) is -2.02. The van der Waals surface area contributed by atoms with Gasteiger partial charge in [-0.2, -0.15) is 0 Å². The summed E-state index contributed by atoms with van der Waals surface area (Å²) >= 11 is 5.44. The average Bonchev–Trinajstić information content (AvgIpc) is 1.82. The van der Waals surface area contributed by atoms with Crippen molar-refractivity contribution in [3.05, 3.63) is 25.9 Å². The Labute approximate surface area is 61.6 Å². The molecule has 0 aliphatic carbocycles. The van der Waals surface area contributed by atoms with Gasteiger partial charge in [0.05, 0.1) is 0 Å². The highest BCUT2D eigenvalue weighted by Crippen LogP contribution is 1.87. The Balaban J connectivity index is 3.62. The van der Waals surface area contributed by atoms with Crippen molar-refractivity contribution in [2.24, 2.45) is 0 Å². The molecule has 0 aliphatic rings. The van der Waals surface area contributed by atoms with Gasteiger partial charge in [0.2, 0.25) is 0 Å². The van der Waals surface area contributed by atoms with Gasteiger partial charge in [0, 0.05) is 0 Å². The third-order valence-electron chi connectivity index (χ3n) is 1.06. The maximum Gasteiger partial charge on any atom is 0.325 e. The zero-order valence-corrected chi connectivity index (χ0v) is 5.95. The molecule has 1 heterocycles. The van der Waals surface area contributed by atoms with Crippen molar-refractivity contribution in [3.63, 3.8) is 0 Å². The summed E-state index contributed by atoms with van der Waals surface area (Å²) in [5.41, 5.74) is -0.703. The topological polar surface area (TPSA) is 65.7 Å². The molecule has 4 nitrogen and oxygen atoms in total. The normalized spacial score (nSPS) is 9.70. The van der Waals surface area contributed by atoms with Crippen LogP contribution in [0, 0.1) is 0 Å². The first-order valence-corrected chi connectivity index (χ1v) is 2.98. The number of aromatic nitrogens is 2. The van der Waals surface area contributed by atoms with Crippen LogP contribution in [0.25, 0.3) is 0 Å². The molecule has 52 valence electrons. The molecule has 1 aromatic rings. The van der Waals surface area contributed by atoms with Crippen LogP contribution in [-0.2, 0) is 0 Å². The number of nitrogens with one attached hydrogen (secondary N) is 2. The van der Waals surface area contributed by atoms with Crippen LogP contribution in [0.5, 0.6) is 0 Å². The summed E-state index contributed by atoms with van der Waals surface area (Å²) in [6.45, 7) is 0. The minimum absolute atomic E-state index is 0.0274. The molecular formula is C4H4BClN2O2. The van der Waals surface area contributed by atoms with E-state index in [1.807, 2.05) is 4.98 Å². The second-order valence-electron chi connectivity index (χ2n) is 1.85. The van der Waals surface area contributed by atoms with E-state index in [0.717, 1.165) is 0 Å². The standard InChI is InChI=1S/C4H4BClN2O2/c5-2-1(6)3(9)8-4(10)7-2/h5H2,(H2,7,8,9,10). The lowest BCUT2D eigenvalue weighted by Gasteiger charge is -1.91. The molecule has 10 heavy (non-hydrogen) atoms. The Bertz CT molecular complexity index is 355. The SMILES string of the molecule is Bc1[nH]c(=O)[nH]c(=O)c1Cl. The summed E-state index contributed by atoms with van der Waals surface area (Å²) in [6, 6.07) is 0. The minimum Gasteiger partial charge on any atom is -0.319 e. The minimum atomic E-state index is -0.553. The third-order valence-corrected chi connectivity index (χ3v) is 1.51. The van der Waals surface area contributed by atoms with E-state index in [9.17, 15) is 9.59 Å². The maximum atomic E-state index is 10.7. The van der Waals surface area contributed by atoms with E-state index in [0.29, 0.717) is 5.59 Å². The van der Waals surface area contributed by atoms with Crippen LogP contribution >= 0.6 is 11.6 Å². The second-order valence-corrected chi connectivity index (χ2v) is 2.23. The Hall–Kier alpha value is -0.965. The number of hydrogen-bond donors (Lipinski definition) is 2. The molecule has 0 unspecified atom stereocenters. The van der Waals surface area contributed by atoms with Gasteiger partial charge in [0.25, 0.3) is 5.56 Å². The van der Waals surface area contributed by atoms with Crippen molar-refractivity contribution >= 4 is 25.0 Å². The molecule has 0 saturated carbocycles. The van der Waals surface area contributed by atoms with Crippen molar-refractivity contribution < 1.29 is 0 Å². The van der Waals surface area contributed by atoms with Gasteiger partial charge < -0.3 is 4.98 Å². The van der Waals surface area contributed by atoms with Crippen LogP contribution in [0.4, 0.5) is 0 Å². The van der Waals surface area contributed by atoms with Crippen LogP contribution in [0.2, 0.25) is 5.02 Å². The Morgan fingerprint density at radius 1 is 1.30 bits per heavy atom. The van der Waals surface area contributed by atoms with E-state index in [-0.39, 0.29) is 5.02 Å². The van der Waals surface area contributed by atoms with Crippen LogP contribution in [0.1, 0.15) is 0 Å². The van der Waals surface area contributed by atoms with Crippen molar-refractivity contribution in [1.29, 1.82) is 0 Å². The molecule has 0 aliphatic heterocycles. The number of rotatable bonds is 0. The van der Waals surface area contributed by atoms with E-state index >= 15 is 0 Å². The van der Waals surface area contributed by atoms with E-state index in [4.69, 9.17) is 11.6 Å². The van der Waals surface area contributed by atoms with Crippen LogP contribution in [0.3, 0.4) is 0 Å². The van der Waals surface area contributed by atoms with Gasteiger partial charge in [-0.15, -0.1) is 0 Å². The molecule has 0 spiro atoms. The summed E-state index contributed by atoms with van der Waals surface area (Å²) in [5, 5.41) is 0.0274. The summed E-state index contributed by atoms with van der Waals surface area (Å²) in [5.74, 6) is 0. The van der Waals surface area contributed by atoms with Crippen LogP contribution in [0.15, 0.2) is 9.59 Å². The van der Waals surface area contributed by atoms with Crippen LogP contribution in [-0.4, -0.2) is 17.8 Å². The Kier molecular flexibility index (Phi) is 1.67. The summed E-state index contributed by atoms with van der Waals surface area (Å²) in [4.78, 5) is 25.5. The van der Waals surface area contributed by atoms with Gasteiger partial charge in [-0.1, -0.05) is 11.6 Å². The van der Waals surface area contributed by atoms with Crippen molar-refractivity contribution in [2.45, 2.75) is 0 Å². The third kappa shape index (κ3) is 1.13. The Morgan fingerprint density at radius 3 is 2.40 bits per heavy atom. The zero-order valence-electron chi connectivity index (χ0n) is 5.19. The van der Waals surface area contributed by atoms with Gasteiger partial charge in [-0.25, -0.2) is 4.79 Å². The molecule has 0 bridgehead atoms. The zero-order chi connectivity index (χ0) is 7.72. The quantitative estimate of drug-likeness (QED) is 0.428. The van der Waals surface area contributed by atoms with E-state index in [1.54, 1.807) is 7.85 Å². The van der Waals surface area contributed by atoms with Gasteiger partial charge in [0.15, 0.2) is 7.85 Å². The first-order valence-electron chi connectivity index (χ1n) is 2.60. The Morgan fingerprint density at radius 2 is 1.90 bits per heavy atom. The first kappa shape index (κ1) is 7.15.